The molecule has 0 aromatic carbocycles. The average Bonchev–Trinajstić information content (AvgIpc) is 1.35. The van der Waals surface area contributed by atoms with Gasteiger partial charge in [0.05, 0.1) is 0 Å². The van der Waals surface area contributed by atoms with Crippen molar-refractivity contribution in [3.63, 3.8) is 0 Å². The smallest absolute Gasteiger partial charge is 0.366 e. The summed E-state index contributed by atoms with van der Waals surface area (Å²) in [7, 11) is 0. The maximum Gasteiger partial charge on any atom is 1.00 e. The van der Waals surface area contributed by atoms with Crippen LogP contribution in [0.5, 0.6) is 0 Å². The predicted molar refractivity (Wildman–Crippen MR) is 26.6 cm³/mol. The van der Waals surface area contributed by atoms with Crippen LogP contribution in [0.4, 0.5) is 0 Å². The largest absolute Gasteiger partial charge is 1.00 e. The zero-order valence-corrected chi connectivity index (χ0v) is 5.08. The molecular weight excluding hydrogens is 79.0 g/mol. The minimum atomic E-state index is 0. The van der Waals surface area contributed by atoms with Crippen molar-refractivity contribution >= 4 is 0 Å². The second kappa shape index (κ2) is 5.90. The van der Waals surface area contributed by atoms with Gasteiger partial charge in [0.1, 0.15) is 0 Å². The standard InChI is InChI=1S/C6H7.Li/c1-4-5-6(2)3;/h5H,2-3H3;/q-1;+1. The summed E-state index contributed by atoms with van der Waals surface area (Å²) in [5.41, 5.74) is 1.12. The number of allylic oxidation sites excluding steroid dienone is 2. The Bertz CT molecular complexity index is 91.2. The predicted octanol–water partition coefficient (Wildman–Crippen LogP) is -1.45. The van der Waals surface area contributed by atoms with Crippen molar-refractivity contribution in [3.8, 4) is 5.92 Å². The van der Waals surface area contributed by atoms with Gasteiger partial charge in [0.2, 0.25) is 0 Å². The normalized spacial score (nSPS) is 5.29. The molecule has 7 heavy (non-hydrogen) atoms. The van der Waals surface area contributed by atoms with Gasteiger partial charge in [0.15, 0.2) is 0 Å². The van der Waals surface area contributed by atoms with E-state index in [1.807, 2.05) is 13.8 Å². The van der Waals surface area contributed by atoms with Crippen LogP contribution in [0.15, 0.2) is 11.6 Å². The Morgan fingerprint density at radius 3 is 2.00 bits per heavy atom. The molecule has 32 valence electrons. The second-order valence-corrected chi connectivity index (χ2v) is 1.37. The fraction of sp³-hybridized carbons (Fsp3) is 0.333. The molecule has 1 heteroatoms. The van der Waals surface area contributed by atoms with Crippen LogP contribution in [0.1, 0.15) is 13.8 Å². The van der Waals surface area contributed by atoms with E-state index < -0.39 is 0 Å². The number of hydrogen-bond donors (Lipinski definition) is 0. The van der Waals surface area contributed by atoms with E-state index in [9.17, 15) is 0 Å². The molecule has 0 saturated heterocycles. The van der Waals surface area contributed by atoms with Gasteiger partial charge < -0.3 is 6.42 Å². The van der Waals surface area contributed by atoms with Gasteiger partial charge in [-0.05, 0) is 0 Å². The Labute approximate surface area is 57.2 Å². The molecule has 0 rings (SSSR count). The molecule has 0 fully saturated rings. The Kier molecular flexibility index (Phi) is 8.43. The van der Waals surface area contributed by atoms with Crippen LogP contribution in [0.2, 0.25) is 0 Å². The molecule has 0 aromatic rings. The number of hydrogen-bond acceptors (Lipinski definition) is 0. The van der Waals surface area contributed by atoms with Gasteiger partial charge in [-0.15, -0.1) is 5.57 Å². The average molecular weight is 86.1 g/mol. The van der Waals surface area contributed by atoms with Gasteiger partial charge in [0.25, 0.3) is 0 Å². The zero-order chi connectivity index (χ0) is 4.99. The van der Waals surface area contributed by atoms with Gasteiger partial charge in [-0.1, -0.05) is 13.8 Å². The topological polar surface area (TPSA) is 0 Å². The molecule has 0 nitrogen and oxygen atoms in total. The molecule has 0 saturated carbocycles. The summed E-state index contributed by atoms with van der Waals surface area (Å²) in [4.78, 5) is 0. The molecule has 0 aromatic heterocycles. The minimum Gasteiger partial charge on any atom is -0.366 e. The van der Waals surface area contributed by atoms with Gasteiger partial charge in [-0.25, -0.2) is 0 Å². The Balaban J connectivity index is 0. The summed E-state index contributed by atoms with van der Waals surface area (Å²) in [5.74, 6) is 2.16. The summed E-state index contributed by atoms with van der Waals surface area (Å²) in [6, 6.07) is 0. The zero-order valence-electron chi connectivity index (χ0n) is 5.08. The third kappa shape index (κ3) is 10.7. The fourth-order valence-corrected chi connectivity index (χ4v) is 0.144. The minimum absolute atomic E-state index is 0. The van der Waals surface area contributed by atoms with Crippen LogP contribution in [-0.4, -0.2) is 0 Å². The van der Waals surface area contributed by atoms with Crippen LogP contribution in [-0.2, 0) is 0 Å². The molecule has 0 bridgehead atoms. The van der Waals surface area contributed by atoms with Crippen molar-refractivity contribution < 1.29 is 18.9 Å². The third-order valence-corrected chi connectivity index (χ3v) is 0.361. The summed E-state index contributed by atoms with van der Waals surface area (Å²) < 4.78 is 0. The Morgan fingerprint density at radius 1 is 1.57 bits per heavy atom. The van der Waals surface area contributed by atoms with E-state index >= 15 is 0 Å². The first kappa shape index (κ1) is 10.0. The van der Waals surface area contributed by atoms with Crippen LogP contribution in [0.3, 0.4) is 0 Å². The van der Waals surface area contributed by atoms with Crippen molar-refractivity contribution in [2.45, 2.75) is 13.8 Å². The Morgan fingerprint density at radius 2 is 2.00 bits per heavy atom. The molecule has 0 aliphatic heterocycles. The van der Waals surface area contributed by atoms with Crippen molar-refractivity contribution in [3.05, 3.63) is 18.1 Å². The maximum absolute atomic E-state index is 6.41. The second-order valence-electron chi connectivity index (χ2n) is 1.37. The SMILES string of the molecule is [C-]#CC=C(C)C.[Li+]. The van der Waals surface area contributed by atoms with E-state index in [2.05, 4.69) is 5.92 Å². The van der Waals surface area contributed by atoms with E-state index in [4.69, 9.17) is 6.42 Å². The molecule has 0 aliphatic rings. The monoisotopic (exact) mass is 86.1 g/mol. The first-order valence-electron chi connectivity index (χ1n) is 1.83. The summed E-state index contributed by atoms with van der Waals surface area (Å²) in [6.07, 6.45) is 8.03. The third-order valence-electron chi connectivity index (χ3n) is 0.361. The van der Waals surface area contributed by atoms with Gasteiger partial charge in [-0.2, -0.15) is 6.08 Å². The van der Waals surface area contributed by atoms with Gasteiger partial charge in [-0.3, -0.25) is 5.92 Å². The fourth-order valence-electron chi connectivity index (χ4n) is 0.144. The molecule has 0 amide bonds. The van der Waals surface area contributed by atoms with E-state index in [-0.39, 0.29) is 18.9 Å². The van der Waals surface area contributed by atoms with Gasteiger partial charge in [0, 0.05) is 0 Å². The summed E-state index contributed by atoms with van der Waals surface area (Å²) >= 11 is 0. The van der Waals surface area contributed by atoms with Gasteiger partial charge >= 0.3 is 18.9 Å². The van der Waals surface area contributed by atoms with Crippen molar-refractivity contribution in [2.75, 3.05) is 0 Å². The summed E-state index contributed by atoms with van der Waals surface area (Å²) in [6.45, 7) is 3.86. The molecule has 0 radical (unpaired) electrons. The molecule has 0 unspecified atom stereocenters. The summed E-state index contributed by atoms with van der Waals surface area (Å²) in [5, 5.41) is 0. The van der Waals surface area contributed by atoms with Crippen molar-refractivity contribution in [1.82, 2.24) is 0 Å². The quantitative estimate of drug-likeness (QED) is 0.192. The first-order chi connectivity index (χ1) is 2.77. The molecule has 0 spiro atoms. The molecule has 0 N–H and O–H groups in total. The van der Waals surface area contributed by atoms with Crippen LogP contribution < -0.4 is 18.9 Å². The maximum atomic E-state index is 6.41. The van der Waals surface area contributed by atoms with Crippen molar-refractivity contribution in [1.29, 1.82) is 0 Å². The van der Waals surface area contributed by atoms with Crippen molar-refractivity contribution in [2.24, 2.45) is 0 Å². The molecule has 0 aliphatic carbocycles. The van der Waals surface area contributed by atoms with E-state index in [0.717, 1.165) is 5.57 Å². The molecule has 0 atom stereocenters. The molecule has 0 heterocycles. The van der Waals surface area contributed by atoms with E-state index in [1.165, 1.54) is 0 Å². The van der Waals surface area contributed by atoms with Crippen LogP contribution in [0.25, 0.3) is 0 Å². The first-order valence-corrected chi connectivity index (χ1v) is 1.83. The van der Waals surface area contributed by atoms with Crippen LogP contribution in [0, 0.1) is 12.3 Å². The van der Waals surface area contributed by atoms with E-state index in [1.54, 1.807) is 6.08 Å². The Hall–Kier alpha value is -0.103. The van der Waals surface area contributed by atoms with E-state index in [0.29, 0.717) is 0 Å². The number of rotatable bonds is 0. The van der Waals surface area contributed by atoms with Crippen LogP contribution >= 0.6 is 0 Å². The molecular formula is C6H7Li.